The predicted molar refractivity (Wildman–Crippen MR) is 55.8 cm³/mol. The number of aromatic nitrogens is 1. The summed E-state index contributed by atoms with van der Waals surface area (Å²) >= 11 is 0. The molecule has 1 aromatic heterocycles. The molecule has 0 bridgehead atoms. The van der Waals surface area contributed by atoms with Crippen molar-refractivity contribution in [1.82, 2.24) is 10.3 Å². The second-order valence-corrected chi connectivity index (χ2v) is 2.95. The molecule has 0 radical (unpaired) electrons. The molecule has 1 rings (SSSR count). The van der Waals surface area contributed by atoms with E-state index < -0.39 is 0 Å². The van der Waals surface area contributed by atoms with Gasteiger partial charge in [-0.1, -0.05) is 12.1 Å². The van der Waals surface area contributed by atoms with Crippen molar-refractivity contribution in [2.75, 3.05) is 6.54 Å². The minimum atomic E-state index is 0.0175. The average molecular weight is 190 g/mol. The standard InChI is InChI=1S/C11H14N2O/c1-2-4-11(14)13-8-6-10-5-3-7-12-9-10/h2-3,5,7,9H,1,4,6,8H2,(H,13,14). The Morgan fingerprint density at radius 1 is 1.64 bits per heavy atom. The molecular formula is C11H14N2O. The van der Waals surface area contributed by atoms with E-state index in [2.05, 4.69) is 16.9 Å². The minimum absolute atomic E-state index is 0.0175. The van der Waals surface area contributed by atoms with E-state index in [-0.39, 0.29) is 5.91 Å². The first-order valence-corrected chi connectivity index (χ1v) is 4.59. The van der Waals surface area contributed by atoms with Gasteiger partial charge in [0, 0.05) is 25.4 Å². The zero-order chi connectivity index (χ0) is 10.2. The monoisotopic (exact) mass is 190 g/mol. The molecule has 1 aromatic rings. The van der Waals surface area contributed by atoms with Crippen molar-refractivity contribution in [2.45, 2.75) is 12.8 Å². The maximum absolute atomic E-state index is 11.0. The van der Waals surface area contributed by atoms with Gasteiger partial charge in [0.15, 0.2) is 0 Å². The van der Waals surface area contributed by atoms with Crippen LogP contribution < -0.4 is 5.32 Å². The van der Waals surface area contributed by atoms with Gasteiger partial charge in [0.05, 0.1) is 0 Å². The quantitative estimate of drug-likeness (QED) is 0.711. The zero-order valence-corrected chi connectivity index (χ0v) is 8.07. The number of pyridine rings is 1. The third-order valence-electron chi connectivity index (χ3n) is 1.79. The number of nitrogens with zero attached hydrogens (tertiary/aromatic N) is 1. The van der Waals surface area contributed by atoms with Crippen molar-refractivity contribution < 1.29 is 4.79 Å². The van der Waals surface area contributed by atoms with Gasteiger partial charge in [-0.3, -0.25) is 9.78 Å². The largest absolute Gasteiger partial charge is 0.356 e. The van der Waals surface area contributed by atoms with Crippen LogP contribution in [0.2, 0.25) is 0 Å². The Hall–Kier alpha value is -1.64. The molecule has 1 amide bonds. The van der Waals surface area contributed by atoms with Crippen molar-refractivity contribution >= 4 is 5.91 Å². The molecule has 0 atom stereocenters. The van der Waals surface area contributed by atoms with Crippen LogP contribution in [0.25, 0.3) is 0 Å². The van der Waals surface area contributed by atoms with E-state index in [4.69, 9.17) is 0 Å². The summed E-state index contributed by atoms with van der Waals surface area (Å²) in [5.41, 5.74) is 1.13. The molecule has 0 saturated heterocycles. The Morgan fingerprint density at radius 2 is 2.50 bits per heavy atom. The molecule has 0 aliphatic rings. The van der Waals surface area contributed by atoms with Gasteiger partial charge in [0.25, 0.3) is 0 Å². The van der Waals surface area contributed by atoms with E-state index in [1.54, 1.807) is 18.5 Å². The van der Waals surface area contributed by atoms with Gasteiger partial charge in [-0.05, 0) is 18.1 Å². The average Bonchev–Trinajstić information content (AvgIpc) is 2.20. The first-order valence-electron chi connectivity index (χ1n) is 4.59. The Labute approximate surface area is 83.9 Å². The molecule has 1 heterocycles. The van der Waals surface area contributed by atoms with E-state index in [1.165, 1.54) is 0 Å². The van der Waals surface area contributed by atoms with Gasteiger partial charge in [0.1, 0.15) is 0 Å². The highest BCUT2D eigenvalue weighted by atomic mass is 16.1. The summed E-state index contributed by atoms with van der Waals surface area (Å²) in [6.45, 7) is 4.15. The van der Waals surface area contributed by atoms with E-state index in [0.717, 1.165) is 12.0 Å². The summed E-state index contributed by atoms with van der Waals surface area (Å²) in [4.78, 5) is 15.0. The highest BCUT2D eigenvalue weighted by molar-refractivity contribution is 5.77. The first-order chi connectivity index (χ1) is 6.83. The molecule has 0 unspecified atom stereocenters. The molecule has 3 nitrogen and oxygen atoms in total. The number of nitrogens with one attached hydrogen (secondary N) is 1. The molecule has 74 valence electrons. The molecule has 1 N–H and O–H groups in total. The second kappa shape index (κ2) is 5.91. The van der Waals surface area contributed by atoms with E-state index in [9.17, 15) is 4.79 Å². The molecule has 0 aliphatic heterocycles. The summed E-state index contributed by atoms with van der Waals surface area (Å²) in [6, 6.07) is 3.88. The normalized spacial score (nSPS) is 9.43. The molecule has 0 spiro atoms. The molecular weight excluding hydrogens is 176 g/mol. The fourth-order valence-corrected chi connectivity index (χ4v) is 1.10. The van der Waals surface area contributed by atoms with Gasteiger partial charge in [-0.15, -0.1) is 6.58 Å². The predicted octanol–water partition coefficient (Wildman–Crippen LogP) is 1.32. The van der Waals surface area contributed by atoms with Crippen LogP contribution >= 0.6 is 0 Å². The lowest BCUT2D eigenvalue weighted by Crippen LogP contribution is -2.24. The van der Waals surface area contributed by atoms with Crippen LogP contribution in [0, 0.1) is 0 Å². The topological polar surface area (TPSA) is 42.0 Å². The fraction of sp³-hybridized carbons (Fsp3) is 0.273. The number of carbonyl (C=O) groups excluding carboxylic acids is 1. The SMILES string of the molecule is C=CCC(=O)NCCc1cccnc1. The Kier molecular flexibility index (Phi) is 4.41. The van der Waals surface area contributed by atoms with Crippen molar-refractivity contribution in [2.24, 2.45) is 0 Å². The smallest absolute Gasteiger partial charge is 0.223 e. The van der Waals surface area contributed by atoms with Crippen molar-refractivity contribution in [3.63, 3.8) is 0 Å². The molecule has 3 heteroatoms. The lowest BCUT2D eigenvalue weighted by molar-refractivity contribution is -0.120. The van der Waals surface area contributed by atoms with Crippen LogP contribution in [-0.4, -0.2) is 17.4 Å². The second-order valence-electron chi connectivity index (χ2n) is 2.95. The van der Waals surface area contributed by atoms with Gasteiger partial charge in [-0.25, -0.2) is 0 Å². The van der Waals surface area contributed by atoms with Crippen LogP contribution in [0.3, 0.4) is 0 Å². The van der Waals surface area contributed by atoms with Gasteiger partial charge in [-0.2, -0.15) is 0 Å². The molecule has 0 aliphatic carbocycles. The van der Waals surface area contributed by atoms with Gasteiger partial charge < -0.3 is 5.32 Å². The summed E-state index contributed by atoms with van der Waals surface area (Å²) in [7, 11) is 0. The third kappa shape index (κ3) is 3.85. The zero-order valence-electron chi connectivity index (χ0n) is 8.07. The van der Waals surface area contributed by atoms with Crippen LogP contribution in [0.5, 0.6) is 0 Å². The number of carbonyl (C=O) groups is 1. The minimum Gasteiger partial charge on any atom is -0.356 e. The van der Waals surface area contributed by atoms with Crippen LogP contribution in [-0.2, 0) is 11.2 Å². The van der Waals surface area contributed by atoms with Gasteiger partial charge >= 0.3 is 0 Å². The van der Waals surface area contributed by atoms with Crippen LogP contribution in [0.15, 0.2) is 37.2 Å². The summed E-state index contributed by atoms with van der Waals surface area (Å²) in [5.74, 6) is 0.0175. The number of hydrogen-bond acceptors (Lipinski definition) is 2. The number of amides is 1. The molecule has 0 fully saturated rings. The summed E-state index contributed by atoms with van der Waals surface area (Å²) < 4.78 is 0. The molecule has 0 aromatic carbocycles. The molecule has 14 heavy (non-hydrogen) atoms. The number of rotatable bonds is 5. The fourth-order valence-electron chi connectivity index (χ4n) is 1.10. The summed E-state index contributed by atoms with van der Waals surface area (Å²) in [5, 5.41) is 2.79. The molecule has 0 saturated carbocycles. The maximum atomic E-state index is 11.0. The van der Waals surface area contributed by atoms with E-state index in [1.807, 2.05) is 12.1 Å². The first kappa shape index (κ1) is 10.4. The number of hydrogen-bond donors (Lipinski definition) is 1. The van der Waals surface area contributed by atoms with E-state index in [0.29, 0.717) is 13.0 Å². The third-order valence-corrected chi connectivity index (χ3v) is 1.79. The Bertz CT molecular complexity index is 295. The summed E-state index contributed by atoms with van der Waals surface area (Å²) in [6.07, 6.45) is 6.34. The van der Waals surface area contributed by atoms with Crippen molar-refractivity contribution in [3.8, 4) is 0 Å². The van der Waals surface area contributed by atoms with Crippen LogP contribution in [0.1, 0.15) is 12.0 Å². The van der Waals surface area contributed by atoms with Crippen LogP contribution in [0.4, 0.5) is 0 Å². The van der Waals surface area contributed by atoms with Gasteiger partial charge in [0.2, 0.25) is 5.91 Å². The highest BCUT2D eigenvalue weighted by Crippen LogP contribution is 1.95. The lowest BCUT2D eigenvalue weighted by Gasteiger charge is -2.02. The maximum Gasteiger partial charge on any atom is 0.223 e. The lowest BCUT2D eigenvalue weighted by atomic mass is 10.2. The Balaban J connectivity index is 2.22. The van der Waals surface area contributed by atoms with E-state index >= 15 is 0 Å². The Morgan fingerprint density at radius 3 is 3.14 bits per heavy atom. The van der Waals surface area contributed by atoms with Crippen molar-refractivity contribution in [1.29, 1.82) is 0 Å². The van der Waals surface area contributed by atoms with Crippen molar-refractivity contribution in [3.05, 3.63) is 42.7 Å². The highest BCUT2D eigenvalue weighted by Gasteiger charge is 1.96.